The second kappa shape index (κ2) is 3.80. The lowest BCUT2D eigenvalue weighted by Crippen LogP contribution is -2.27. The van der Waals surface area contributed by atoms with Crippen molar-refractivity contribution in [2.45, 2.75) is 12.8 Å². The van der Waals surface area contributed by atoms with E-state index in [0.717, 1.165) is 36.8 Å². The molecule has 17 heavy (non-hydrogen) atoms. The van der Waals surface area contributed by atoms with E-state index in [1.807, 2.05) is 24.3 Å². The molecule has 2 aromatic rings. The van der Waals surface area contributed by atoms with Crippen LogP contribution >= 0.6 is 0 Å². The highest BCUT2D eigenvalue weighted by molar-refractivity contribution is 5.96. The topological polar surface area (TPSA) is 62.1 Å². The highest BCUT2D eigenvalue weighted by atomic mass is 16.1. The summed E-state index contributed by atoms with van der Waals surface area (Å²) in [6.45, 7) is 1.84. The summed E-state index contributed by atoms with van der Waals surface area (Å²) in [5, 5.41) is 0.925. The number of aromatic amines is 1. The number of anilines is 2. The lowest BCUT2D eigenvalue weighted by atomic mass is 10.1. The van der Waals surface area contributed by atoms with Crippen LogP contribution in [0.2, 0.25) is 0 Å². The van der Waals surface area contributed by atoms with Crippen molar-refractivity contribution in [1.29, 1.82) is 0 Å². The van der Waals surface area contributed by atoms with E-state index in [1.54, 1.807) is 0 Å². The first-order chi connectivity index (χ1) is 8.27. The Balaban J connectivity index is 2.27. The molecule has 0 radical (unpaired) electrons. The van der Waals surface area contributed by atoms with Crippen molar-refractivity contribution < 1.29 is 0 Å². The summed E-state index contributed by atoms with van der Waals surface area (Å²) in [4.78, 5) is 17.0. The van der Waals surface area contributed by atoms with E-state index < -0.39 is 0 Å². The monoisotopic (exact) mass is 229 g/mol. The Labute approximate surface area is 99.0 Å². The quantitative estimate of drug-likeness (QED) is 0.782. The molecule has 1 fully saturated rings. The van der Waals surface area contributed by atoms with Gasteiger partial charge in [-0.25, -0.2) is 0 Å². The minimum atomic E-state index is -0.0805. The molecule has 1 saturated heterocycles. The Hall–Kier alpha value is -1.97. The first-order valence-electron chi connectivity index (χ1n) is 5.93. The Kier molecular flexibility index (Phi) is 2.28. The van der Waals surface area contributed by atoms with E-state index in [9.17, 15) is 4.79 Å². The summed E-state index contributed by atoms with van der Waals surface area (Å²) in [7, 11) is 0. The summed E-state index contributed by atoms with van der Waals surface area (Å²) in [5.41, 5.74) is 8.10. The molecule has 0 aliphatic carbocycles. The molecule has 88 valence electrons. The summed E-state index contributed by atoms with van der Waals surface area (Å²) >= 11 is 0. The maximum absolute atomic E-state index is 12.1. The first-order valence-corrected chi connectivity index (χ1v) is 5.93. The zero-order valence-electron chi connectivity index (χ0n) is 9.57. The standard InChI is InChI=1S/C13H15N3O/c14-11-9-5-1-2-6-10(9)15-13(17)12(11)16-7-3-4-8-16/h1-2,5-6H,3-4,7-8H2,(H3,14,15,17). The molecular weight excluding hydrogens is 214 g/mol. The largest absolute Gasteiger partial charge is 0.396 e. The Morgan fingerprint density at radius 2 is 1.88 bits per heavy atom. The van der Waals surface area contributed by atoms with Gasteiger partial charge in [-0.05, 0) is 18.9 Å². The number of nitrogens with two attached hydrogens (primary N) is 1. The van der Waals surface area contributed by atoms with Gasteiger partial charge in [0.1, 0.15) is 5.69 Å². The van der Waals surface area contributed by atoms with Crippen molar-refractivity contribution >= 4 is 22.3 Å². The number of para-hydroxylation sites is 1. The first kappa shape index (κ1) is 10.2. The van der Waals surface area contributed by atoms with Crippen LogP contribution < -0.4 is 16.2 Å². The van der Waals surface area contributed by atoms with Gasteiger partial charge in [0.15, 0.2) is 0 Å². The van der Waals surface area contributed by atoms with Gasteiger partial charge in [0.2, 0.25) is 0 Å². The average molecular weight is 229 g/mol. The predicted octanol–water partition coefficient (Wildman–Crippen LogP) is 1.71. The van der Waals surface area contributed by atoms with Crippen LogP contribution in [0, 0.1) is 0 Å². The fraction of sp³-hybridized carbons (Fsp3) is 0.308. The number of nitrogens with one attached hydrogen (secondary N) is 1. The van der Waals surface area contributed by atoms with Crippen LogP contribution in [0.4, 0.5) is 11.4 Å². The highest BCUT2D eigenvalue weighted by Gasteiger charge is 2.19. The van der Waals surface area contributed by atoms with Gasteiger partial charge in [0, 0.05) is 18.5 Å². The van der Waals surface area contributed by atoms with Crippen molar-refractivity contribution in [3.05, 3.63) is 34.6 Å². The molecule has 0 amide bonds. The number of nitrogen functional groups attached to an aromatic ring is 1. The van der Waals surface area contributed by atoms with E-state index in [0.29, 0.717) is 11.4 Å². The molecule has 1 aromatic heterocycles. The minimum Gasteiger partial charge on any atom is -0.396 e. The van der Waals surface area contributed by atoms with Crippen LogP contribution in [0.1, 0.15) is 12.8 Å². The number of H-pyrrole nitrogens is 1. The van der Waals surface area contributed by atoms with Crippen LogP contribution in [-0.2, 0) is 0 Å². The van der Waals surface area contributed by atoms with Crippen molar-refractivity contribution in [3.63, 3.8) is 0 Å². The van der Waals surface area contributed by atoms with Gasteiger partial charge >= 0.3 is 0 Å². The zero-order chi connectivity index (χ0) is 11.8. The van der Waals surface area contributed by atoms with Gasteiger partial charge in [0.25, 0.3) is 5.56 Å². The van der Waals surface area contributed by atoms with Gasteiger partial charge in [-0.3, -0.25) is 4.79 Å². The maximum atomic E-state index is 12.1. The summed E-state index contributed by atoms with van der Waals surface area (Å²) < 4.78 is 0. The van der Waals surface area contributed by atoms with Gasteiger partial charge in [-0.1, -0.05) is 18.2 Å². The van der Waals surface area contributed by atoms with Gasteiger partial charge < -0.3 is 15.6 Å². The Morgan fingerprint density at radius 3 is 2.65 bits per heavy atom. The van der Waals surface area contributed by atoms with E-state index in [2.05, 4.69) is 9.88 Å². The molecule has 4 nitrogen and oxygen atoms in total. The van der Waals surface area contributed by atoms with E-state index in [1.165, 1.54) is 0 Å². The van der Waals surface area contributed by atoms with Crippen molar-refractivity contribution in [2.24, 2.45) is 0 Å². The molecule has 3 N–H and O–H groups in total. The van der Waals surface area contributed by atoms with E-state index >= 15 is 0 Å². The summed E-state index contributed by atoms with van der Waals surface area (Å²) in [6, 6.07) is 7.65. The third-order valence-electron chi connectivity index (χ3n) is 3.36. The summed E-state index contributed by atoms with van der Waals surface area (Å²) in [6.07, 6.45) is 2.26. The van der Waals surface area contributed by atoms with Crippen molar-refractivity contribution in [3.8, 4) is 0 Å². The van der Waals surface area contributed by atoms with Crippen LogP contribution in [0.25, 0.3) is 10.9 Å². The molecule has 2 heterocycles. The minimum absolute atomic E-state index is 0.0805. The predicted molar refractivity (Wildman–Crippen MR) is 70.4 cm³/mol. The zero-order valence-corrected chi connectivity index (χ0v) is 9.57. The molecule has 1 aromatic carbocycles. The molecule has 3 rings (SSSR count). The lowest BCUT2D eigenvalue weighted by Gasteiger charge is -2.19. The molecular formula is C13H15N3O. The van der Waals surface area contributed by atoms with Crippen LogP contribution in [0.15, 0.2) is 29.1 Å². The van der Waals surface area contributed by atoms with E-state index in [-0.39, 0.29) is 5.56 Å². The molecule has 0 saturated carbocycles. The molecule has 4 heteroatoms. The summed E-state index contributed by atoms with van der Waals surface area (Å²) in [5.74, 6) is 0. The molecule has 0 bridgehead atoms. The smallest absolute Gasteiger partial charge is 0.274 e. The van der Waals surface area contributed by atoms with Crippen LogP contribution in [0.5, 0.6) is 0 Å². The van der Waals surface area contributed by atoms with Crippen LogP contribution in [-0.4, -0.2) is 18.1 Å². The molecule has 1 aliphatic rings. The number of benzene rings is 1. The molecule has 1 aliphatic heterocycles. The van der Waals surface area contributed by atoms with Crippen molar-refractivity contribution in [2.75, 3.05) is 23.7 Å². The van der Waals surface area contributed by atoms with Gasteiger partial charge in [-0.2, -0.15) is 0 Å². The lowest BCUT2D eigenvalue weighted by molar-refractivity contribution is 0.949. The maximum Gasteiger partial charge on any atom is 0.274 e. The number of fused-ring (bicyclic) bond motifs is 1. The second-order valence-electron chi connectivity index (χ2n) is 4.46. The molecule has 0 atom stereocenters. The van der Waals surface area contributed by atoms with Crippen molar-refractivity contribution in [1.82, 2.24) is 4.98 Å². The number of nitrogens with zero attached hydrogens (tertiary/aromatic N) is 1. The third-order valence-corrected chi connectivity index (χ3v) is 3.36. The normalized spacial score (nSPS) is 15.6. The van der Waals surface area contributed by atoms with Crippen LogP contribution in [0.3, 0.4) is 0 Å². The fourth-order valence-corrected chi connectivity index (χ4v) is 2.51. The molecule has 0 unspecified atom stereocenters. The van der Waals surface area contributed by atoms with Gasteiger partial charge in [-0.15, -0.1) is 0 Å². The SMILES string of the molecule is Nc1c(N2CCCC2)c(=O)[nH]c2ccccc12. The number of rotatable bonds is 1. The third kappa shape index (κ3) is 1.56. The second-order valence-corrected chi connectivity index (χ2v) is 4.46. The highest BCUT2D eigenvalue weighted by Crippen LogP contribution is 2.28. The number of hydrogen-bond donors (Lipinski definition) is 2. The number of hydrogen-bond acceptors (Lipinski definition) is 3. The van der Waals surface area contributed by atoms with E-state index in [4.69, 9.17) is 5.73 Å². The number of pyridine rings is 1. The molecule has 0 spiro atoms. The Bertz CT molecular complexity index is 612. The number of aromatic nitrogens is 1. The average Bonchev–Trinajstić information content (AvgIpc) is 2.83. The Morgan fingerprint density at radius 1 is 1.18 bits per heavy atom. The fourth-order valence-electron chi connectivity index (χ4n) is 2.51. The van der Waals surface area contributed by atoms with Gasteiger partial charge in [0.05, 0.1) is 11.2 Å².